The second-order valence-electron chi connectivity index (χ2n) is 12.0. The highest BCUT2D eigenvalue weighted by Crippen LogP contribution is 2.43. The standard InChI is InChI=1S/C29H36F2N6O4/c1-5-7-29(30,31)24-9-23-22(11-33-24)28(3,4)17-37(23)25(38)16-34-12-18(2)36(27(40)41)15-20(34)14-35-13-19-6-8-32-10-21(19)26(35)39/h6,8-11,18,20H,5,7,12-17H2,1-4H3,(H,40,41)/t18-,20+/m1/s1. The Hall–Kier alpha value is -3.67. The van der Waals surface area contributed by atoms with Gasteiger partial charge in [-0.2, -0.15) is 8.78 Å². The van der Waals surface area contributed by atoms with Gasteiger partial charge in [0.2, 0.25) is 5.91 Å². The summed E-state index contributed by atoms with van der Waals surface area (Å²) in [4.78, 5) is 53.5. The fourth-order valence-corrected chi connectivity index (χ4v) is 6.23. The molecule has 0 radical (unpaired) electrons. The number of pyridine rings is 2. The monoisotopic (exact) mass is 570 g/mol. The lowest BCUT2D eigenvalue weighted by molar-refractivity contribution is -0.121. The summed E-state index contributed by atoms with van der Waals surface area (Å²) in [5, 5.41) is 9.80. The van der Waals surface area contributed by atoms with Crippen LogP contribution in [0.15, 0.2) is 30.7 Å². The molecule has 1 N–H and O–H groups in total. The first-order valence-corrected chi connectivity index (χ1v) is 14.0. The average Bonchev–Trinajstić information content (AvgIpc) is 3.37. The van der Waals surface area contributed by atoms with E-state index in [1.54, 1.807) is 35.9 Å². The Balaban J connectivity index is 1.39. The molecule has 0 spiro atoms. The van der Waals surface area contributed by atoms with Crippen LogP contribution in [0.3, 0.4) is 0 Å². The third-order valence-corrected chi connectivity index (χ3v) is 8.46. The third kappa shape index (κ3) is 5.37. The van der Waals surface area contributed by atoms with E-state index in [-0.39, 0.29) is 49.6 Å². The minimum absolute atomic E-state index is 0.0441. The zero-order valence-electron chi connectivity index (χ0n) is 23.8. The highest BCUT2D eigenvalue weighted by atomic mass is 19.3. The molecule has 2 aromatic rings. The van der Waals surface area contributed by atoms with E-state index >= 15 is 0 Å². The zero-order valence-corrected chi connectivity index (χ0v) is 23.8. The molecule has 220 valence electrons. The Labute approximate surface area is 237 Å². The number of carbonyl (C=O) groups excluding carboxylic acids is 2. The molecule has 0 aliphatic carbocycles. The fraction of sp³-hybridized carbons (Fsp3) is 0.552. The van der Waals surface area contributed by atoms with Gasteiger partial charge < -0.3 is 19.8 Å². The quantitative estimate of drug-likeness (QED) is 0.541. The van der Waals surface area contributed by atoms with Gasteiger partial charge in [-0.3, -0.25) is 24.5 Å². The maximum atomic E-state index is 14.8. The Kier molecular flexibility index (Phi) is 7.47. The number of alkyl halides is 2. The second-order valence-corrected chi connectivity index (χ2v) is 12.0. The van der Waals surface area contributed by atoms with Crippen LogP contribution in [0.25, 0.3) is 0 Å². The van der Waals surface area contributed by atoms with Crippen LogP contribution in [0, 0.1) is 0 Å². The van der Waals surface area contributed by atoms with Crippen molar-refractivity contribution < 1.29 is 28.3 Å². The van der Waals surface area contributed by atoms with Crippen molar-refractivity contribution >= 4 is 23.6 Å². The van der Waals surface area contributed by atoms with Crippen molar-refractivity contribution in [2.75, 3.05) is 37.6 Å². The summed E-state index contributed by atoms with van der Waals surface area (Å²) >= 11 is 0. The number of nitrogens with zero attached hydrogens (tertiary/aromatic N) is 6. The molecule has 2 atom stereocenters. The van der Waals surface area contributed by atoms with E-state index in [0.717, 1.165) is 11.1 Å². The molecule has 0 bridgehead atoms. The van der Waals surface area contributed by atoms with Crippen LogP contribution in [0.1, 0.15) is 67.7 Å². The number of carbonyl (C=O) groups is 3. The predicted octanol–water partition coefficient (Wildman–Crippen LogP) is 3.70. The average molecular weight is 571 g/mol. The van der Waals surface area contributed by atoms with E-state index < -0.39 is 23.5 Å². The number of carboxylic acid groups (broad SMARTS) is 1. The fourth-order valence-electron chi connectivity index (χ4n) is 6.23. The van der Waals surface area contributed by atoms with Gasteiger partial charge in [-0.25, -0.2) is 4.79 Å². The van der Waals surface area contributed by atoms with Gasteiger partial charge in [0.15, 0.2) is 0 Å². The van der Waals surface area contributed by atoms with Crippen LogP contribution in [-0.2, 0) is 22.7 Å². The topological polar surface area (TPSA) is 110 Å². The number of rotatable bonds is 7. The van der Waals surface area contributed by atoms with E-state index in [1.807, 2.05) is 18.7 Å². The Morgan fingerprint density at radius 3 is 2.66 bits per heavy atom. The predicted molar refractivity (Wildman–Crippen MR) is 147 cm³/mol. The van der Waals surface area contributed by atoms with Crippen molar-refractivity contribution in [3.63, 3.8) is 0 Å². The molecule has 0 saturated carbocycles. The zero-order chi connectivity index (χ0) is 29.7. The molecule has 1 saturated heterocycles. The summed E-state index contributed by atoms with van der Waals surface area (Å²) in [5.41, 5.74) is 1.72. The molecule has 12 heteroatoms. The van der Waals surface area contributed by atoms with Crippen LogP contribution < -0.4 is 4.90 Å². The van der Waals surface area contributed by atoms with E-state index in [0.29, 0.717) is 37.3 Å². The molecule has 5 rings (SSSR count). The number of halogens is 2. The van der Waals surface area contributed by atoms with Crippen molar-refractivity contribution in [3.8, 4) is 0 Å². The van der Waals surface area contributed by atoms with Crippen molar-refractivity contribution in [3.05, 3.63) is 53.1 Å². The summed E-state index contributed by atoms with van der Waals surface area (Å²) in [7, 11) is 0. The lowest BCUT2D eigenvalue weighted by Crippen LogP contribution is -2.63. The molecule has 1 fully saturated rings. The van der Waals surface area contributed by atoms with Crippen molar-refractivity contribution in [2.24, 2.45) is 0 Å². The van der Waals surface area contributed by atoms with E-state index in [1.165, 1.54) is 23.4 Å². The van der Waals surface area contributed by atoms with Crippen molar-refractivity contribution in [2.45, 2.75) is 70.5 Å². The molecule has 3 amide bonds. The normalized spacial score (nSPS) is 22.2. The van der Waals surface area contributed by atoms with Gasteiger partial charge in [-0.05, 0) is 24.6 Å². The molecule has 5 heterocycles. The van der Waals surface area contributed by atoms with Crippen LogP contribution in [0.4, 0.5) is 19.3 Å². The van der Waals surface area contributed by atoms with E-state index in [9.17, 15) is 28.3 Å². The van der Waals surface area contributed by atoms with Gasteiger partial charge in [0.25, 0.3) is 11.8 Å². The SMILES string of the molecule is CCCC(F)(F)c1cc2c(cn1)C(C)(C)CN2C(=O)CN1C[C@@H](C)N(C(=O)O)C[C@@H]1CN1Cc2ccncc2C1=O. The smallest absolute Gasteiger partial charge is 0.407 e. The van der Waals surface area contributed by atoms with Crippen LogP contribution in [0.5, 0.6) is 0 Å². The number of amides is 3. The number of fused-ring (bicyclic) bond motifs is 2. The van der Waals surface area contributed by atoms with Crippen LogP contribution >= 0.6 is 0 Å². The van der Waals surface area contributed by atoms with Crippen LogP contribution in [0.2, 0.25) is 0 Å². The summed E-state index contributed by atoms with van der Waals surface area (Å²) in [6.45, 7) is 8.68. The number of piperazine rings is 1. The van der Waals surface area contributed by atoms with E-state index in [4.69, 9.17) is 0 Å². The Morgan fingerprint density at radius 1 is 1.22 bits per heavy atom. The molecule has 2 aromatic heterocycles. The highest BCUT2D eigenvalue weighted by Gasteiger charge is 2.43. The number of hydrogen-bond donors (Lipinski definition) is 1. The third-order valence-electron chi connectivity index (χ3n) is 8.46. The van der Waals surface area contributed by atoms with Gasteiger partial charge >= 0.3 is 6.09 Å². The maximum absolute atomic E-state index is 14.8. The van der Waals surface area contributed by atoms with Gasteiger partial charge in [-0.15, -0.1) is 0 Å². The minimum atomic E-state index is -3.10. The number of aromatic nitrogens is 2. The van der Waals surface area contributed by atoms with Gasteiger partial charge in [-0.1, -0.05) is 27.2 Å². The molecule has 3 aliphatic rings. The molecule has 41 heavy (non-hydrogen) atoms. The summed E-state index contributed by atoms with van der Waals surface area (Å²) in [6.07, 6.45) is 3.52. The lowest BCUT2D eigenvalue weighted by Gasteiger charge is -2.45. The largest absolute Gasteiger partial charge is 0.465 e. The molecule has 10 nitrogen and oxygen atoms in total. The number of anilines is 1. The summed E-state index contributed by atoms with van der Waals surface area (Å²) in [6, 6.07) is 2.32. The van der Waals surface area contributed by atoms with Crippen LogP contribution in [-0.4, -0.2) is 92.5 Å². The molecule has 3 aliphatic heterocycles. The van der Waals surface area contributed by atoms with Crippen molar-refractivity contribution in [1.82, 2.24) is 24.7 Å². The van der Waals surface area contributed by atoms with Crippen molar-refractivity contribution in [1.29, 1.82) is 0 Å². The van der Waals surface area contributed by atoms with Gasteiger partial charge in [0.05, 0.1) is 17.8 Å². The Bertz CT molecular complexity index is 1370. The summed E-state index contributed by atoms with van der Waals surface area (Å²) in [5.74, 6) is -3.55. The number of hydrogen-bond acceptors (Lipinski definition) is 6. The molecular weight excluding hydrogens is 534 g/mol. The molecule has 0 unspecified atom stereocenters. The Morgan fingerprint density at radius 2 is 1.98 bits per heavy atom. The lowest BCUT2D eigenvalue weighted by atomic mass is 9.88. The first kappa shape index (κ1) is 28.8. The first-order chi connectivity index (χ1) is 19.3. The molecular formula is C29H36F2N6O4. The first-order valence-electron chi connectivity index (χ1n) is 14.0. The minimum Gasteiger partial charge on any atom is -0.465 e. The summed E-state index contributed by atoms with van der Waals surface area (Å²) < 4.78 is 29.6. The highest BCUT2D eigenvalue weighted by molar-refractivity contribution is 5.98. The van der Waals surface area contributed by atoms with E-state index in [2.05, 4.69) is 9.97 Å². The molecule has 0 aromatic carbocycles. The maximum Gasteiger partial charge on any atom is 0.407 e. The second kappa shape index (κ2) is 10.6. The van der Waals surface area contributed by atoms with Gasteiger partial charge in [0, 0.05) is 80.8 Å². The van der Waals surface area contributed by atoms with Gasteiger partial charge in [0.1, 0.15) is 5.69 Å².